The third-order valence-corrected chi connectivity index (χ3v) is 8.31. The van der Waals surface area contributed by atoms with Gasteiger partial charge in [-0.25, -0.2) is 4.79 Å². The molecule has 5 heterocycles. The highest BCUT2D eigenvalue weighted by molar-refractivity contribution is 6.13. The third kappa shape index (κ3) is 3.80. The number of aromatic amines is 1. The Labute approximate surface area is 227 Å². The van der Waals surface area contributed by atoms with Crippen LogP contribution in [0.3, 0.4) is 0 Å². The van der Waals surface area contributed by atoms with Crippen LogP contribution in [0.25, 0.3) is 21.8 Å². The lowest BCUT2D eigenvalue weighted by Crippen LogP contribution is -2.53. The second-order valence-corrected chi connectivity index (χ2v) is 10.7. The SMILES string of the molecule is O=C(O)C1OC(Oc2ccc3c([C@@H]4C(=O)NC(=O)[C@H]4c4cn5c6c(cccc46)CCC5)c[nH]c3c2)C[C@H](O)[C@H]1O. The number of imide groups is 1. The van der Waals surface area contributed by atoms with Crippen molar-refractivity contribution >= 4 is 39.6 Å². The first-order valence-electron chi connectivity index (χ1n) is 13.3. The fraction of sp³-hybridized carbons (Fsp3) is 0.345. The van der Waals surface area contributed by atoms with Gasteiger partial charge in [0, 0.05) is 47.7 Å². The van der Waals surface area contributed by atoms with E-state index in [0.29, 0.717) is 16.8 Å². The number of amides is 2. The van der Waals surface area contributed by atoms with Gasteiger partial charge in [0.2, 0.25) is 18.1 Å². The van der Waals surface area contributed by atoms with Crippen molar-refractivity contribution in [3.05, 3.63) is 65.5 Å². The molecule has 0 bridgehead atoms. The molecule has 3 aliphatic heterocycles. The molecule has 0 aliphatic carbocycles. The molecule has 0 saturated carbocycles. The zero-order valence-electron chi connectivity index (χ0n) is 21.2. The first-order valence-corrected chi connectivity index (χ1v) is 13.3. The largest absolute Gasteiger partial charge is 0.479 e. The number of carboxylic acids is 1. The van der Waals surface area contributed by atoms with E-state index in [9.17, 15) is 29.7 Å². The average molecular weight is 546 g/mol. The maximum atomic E-state index is 13.2. The summed E-state index contributed by atoms with van der Waals surface area (Å²) in [5.74, 6) is -3.15. The number of aliphatic carboxylic acids is 1. The first kappa shape index (κ1) is 24.8. The Morgan fingerprint density at radius 2 is 1.85 bits per heavy atom. The van der Waals surface area contributed by atoms with Gasteiger partial charge in [-0.05, 0) is 41.7 Å². The normalized spacial score (nSPS) is 28.2. The highest BCUT2D eigenvalue weighted by Crippen LogP contribution is 2.44. The molecule has 0 radical (unpaired) electrons. The van der Waals surface area contributed by atoms with Crippen LogP contribution in [0.15, 0.2) is 48.8 Å². The van der Waals surface area contributed by atoms with Crippen LogP contribution in [0.1, 0.15) is 41.4 Å². The van der Waals surface area contributed by atoms with Gasteiger partial charge < -0.3 is 34.3 Å². The zero-order valence-corrected chi connectivity index (χ0v) is 21.2. The number of fused-ring (bicyclic) bond motifs is 1. The summed E-state index contributed by atoms with van der Waals surface area (Å²) in [6, 6.07) is 11.2. The van der Waals surface area contributed by atoms with Crippen molar-refractivity contribution in [3.8, 4) is 5.75 Å². The van der Waals surface area contributed by atoms with Crippen molar-refractivity contribution in [2.24, 2.45) is 0 Å². The van der Waals surface area contributed by atoms with Gasteiger partial charge in [0.05, 0.1) is 23.5 Å². The van der Waals surface area contributed by atoms with Crippen LogP contribution < -0.4 is 10.1 Å². The molecule has 6 atom stereocenters. The van der Waals surface area contributed by atoms with Crippen molar-refractivity contribution in [1.82, 2.24) is 14.9 Å². The number of hydrogen-bond donors (Lipinski definition) is 5. The lowest BCUT2D eigenvalue weighted by atomic mass is 9.83. The Hall–Kier alpha value is -4.19. The fourth-order valence-electron chi connectivity index (χ4n) is 6.48. The van der Waals surface area contributed by atoms with E-state index in [1.165, 1.54) is 5.56 Å². The molecule has 11 heteroatoms. The lowest BCUT2D eigenvalue weighted by Gasteiger charge is -2.34. The summed E-state index contributed by atoms with van der Waals surface area (Å²) in [6.07, 6.45) is 0.0647. The highest BCUT2D eigenvalue weighted by Gasteiger charge is 2.46. The fourth-order valence-corrected chi connectivity index (χ4v) is 6.48. The molecule has 2 amide bonds. The number of aromatic nitrogens is 2. The van der Waals surface area contributed by atoms with Crippen molar-refractivity contribution in [1.29, 1.82) is 0 Å². The summed E-state index contributed by atoms with van der Waals surface area (Å²) >= 11 is 0. The number of carbonyl (C=O) groups excluding carboxylic acids is 2. The standard InChI is InChI=1S/C29H27N3O8/c33-20-10-21(40-26(25(20)34)29(37)38)39-14-6-7-15-17(11-30-19(15)9-14)22-23(28(36)31-27(22)35)18-12-32-8-2-4-13-3-1-5-16(18)24(13)32/h1,3,5-7,9,11-12,20-23,25-26,30,33-34H,2,4,8,10H2,(H,37,38)(H,31,35,36)/t20-,21?,22-,23-,25+,26?/m0/s1. The number of aliphatic hydroxyl groups is 2. The lowest BCUT2D eigenvalue weighted by molar-refractivity contribution is -0.228. The van der Waals surface area contributed by atoms with Gasteiger partial charge in [0.15, 0.2) is 6.10 Å². The number of nitrogens with one attached hydrogen (secondary N) is 2. The maximum Gasteiger partial charge on any atom is 0.335 e. The van der Waals surface area contributed by atoms with Gasteiger partial charge in [0.1, 0.15) is 11.9 Å². The molecule has 5 N–H and O–H groups in total. The summed E-state index contributed by atoms with van der Waals surface area (Å²) in [5, 5.41) is 33.5. The molecule has 7 rings (SSSR count). The summed E-state index contributed by atoms with van der Waals surface area (Å²) in [4.78, 5) is 40.9. The minimum atomic E-state index is -1.61. The Kier molecular flexibility index (Phi) is 5.70. The number of benzene rings is 2. The van der Waals surface area contributed by atoms with E-state index in [2.05, 4.69) is 20.9 Å². The van der Waals surface area contributed by atoms with Crippen LogP contribution in [-0.2, 0) is 32.1 Å². The monoisotopic (exact) mass is 545 g/mol. The molecule has 11 nitrogen and oxygen atoms in total. The number of carboxylic acid groups (broad SMARTS) is 1. The van der Waals surface area contributed by atoms with Crippen LogP contribution in [-0.4, -0.2) is 67.3 Å². The molecular formula is C29H27N3O8. The van der Waals surface area contributed by atoms with Crippen LogP contribution in [0.2, 0.25) is 0 Å². The molecular weight excluding hydrogens is 518 g/mol. The smallest absolute Gasteiger partial charge is 0.335 e. The quantitative estimate of drug-likeness (QED) is 0.238. The molecule has 2 aromatic carbocycles. The van der Waals surface area contributed by atoms with E-state index in [1.54, 1.807) is 24.4 Å². The molecule has 2 fully saturated rings. The minimum Gasteiger partial charge on any atom is -0.479 e. The van der Waals surface area contributed by atoms with Crippen LogP contribution in [0.5, 0.6) is 5.75 Å². The predicted octanol–water partition coefficient (Wildman–Crippen LogP) is 1.89. The molecule has 4 aromatic rings. The van der Waals surface area contributed by atoms with Gasteiger partial charge in [-0.1, -0.05) is 18.2 Å². The van der Waals surface area contributed by atoms with E-state index in [-0.39, 0.29) is 18.2 Å². The van der Waals surface area contributed by atoms with Crippen molar-refractivity contribution in [2.45, 2.75) is 62.2 Å². The Balaban J connectivity index is 1.21. The second kappa shape index (κ2) is 9.19. The van der Waals surface area contributed by atoms with E-state index >= 15 is 0 Å². The number of H-pyrrole nitrogens is 1. The molecule has 3 aliphatic rings. The van der Waals surface area contributed by atoms with Gasteiger partial charge in [-0.2, -0.15) is 0 Å². The molecule has 206 valence electrons. The molecule has 2 saturated heterocycles. The van der Waals surface area contributed by atoms with Crippen molar-refractivity contribution in [3.63, 3.8) is 0 Å². The molecule has 2 aromatic heterocycles. The van der Waals surface area contributed by atoms with Crippen molar-refractivity contribution < 1.29 is 39.2 Å². The van der Waals surface area contributed by atoms with Gasteiger partial charge >= 0.3 is 5.97 Å². The summed E-state index contributed by atoms with van der Waals surface area (Å²) in [5.41, 5.74) is 4.54. The number of aliphatic hydroxyl groups excluding tert-OH is 2. The van der Waals surface area contributed by atoms with Gasteiger partial charge in [-0.15, -0.1) is 0 Å². The number of para-hydroxylation sites is 1. The molecule has 40 heavy (non-hydrogen) atoms. The second-order valence-electron chi connectivity index (χ2n) is 10.7. The van der Waals surface area contributed by atoms with E-state index in [0.717, 1.165) is 41.2 Å². The van der Waals surface area contributed by atoms with Gasteiger partial charge in [-0.3, -0.25) is 14.9 Å². The van der Waals surface area contributed by atoms with Crippen molar-refractivity contribution in [2.75, 3.05) is 0 Å². The van der Waals surface area contributed by atoms with Gasteiger partial charge in [0.25, 0.3) is 0 Å². The minimum absolute atomic E-state index is 0.111. The number of hydrogen-bond acceptors (Lipinski definition) is 7. The van der Waals surface area contributed by atoms with Crippen LogP contribution in [0, 0.1) is 0 Å². The van der Waals surface area contributed by atoms with E-state index < -0.39 is 42.4 Å². The number of rotatable bonds is 5. The molecule has 2 unspecified atom stereocenters. The first-order chi connectivity index (χ1) is 19.3. The van der Waals surface area contributed by atoms with E-state index in [4.69, 9.17) is 9.47 Å². The average Bonchev–Trinajstić information content (AvgIpc) is 3.59. The molecule has 0 spiro atoms. The number of ether oxygens (including phenoxy) is 2. The summed E-state index contributed by atoms with van der Waals surface area (Å²) in [7, 11) is 0. The zero-order chi connectivity index (χ0) is 27.7. The topological polar surface area (TPSA) is 163 Å². The third-order valence-electron chi connectivity index (χ3n) is 8.31. The number of carbonyl (C=O) groups is 3. The maximum absolute atomic E-state index is 13.2. The van der Waals surface area contributed by atoms with Crippen LogP contribution in [0.4, 0.5) is 0 Å². The number of aryl methyl sites for hydroxylation is 2. The summed E-state index contributed by atoms with van der Waals surface area (Å²) in [6.45, 7) is 0.865. The number of nitrogens with zero attached hydrogens (tertiary/aromatic N) is 1. The van der Waals surface area contributed by atoms with Crippen LogP contribution >= 0.6 is 0 Å². The Morgan fingerprint density at radius 1 is 1.05 bits per heavy atom. The predicted molar refractivity (Wildman–Crippen MR) is 141 cm³/mol. The summed E-state index contributed by atoms with van der Waals surface area (Å²) < 4.78 is 13.3. The highest BCUT2D eigenvalue weighted by atomic mass is 16.7. The Bertz CT molecular complexity index is 1690. The Morgan fingerprint density at radius 3 is 2.65 bits per heavy atom. The van der Waals surface area contributed by atoms with E-state index in [1.807, 2.05) is 18.3 Å².